The molecule has 0 spiro atoms. The Bertz CT molecular complexity index is 731. The van der Waals surface area contributed by atoms with Gasteiger partial charge in [-0.25, -0.2) is 0 Å². The molecule has 2 unspecified atom stereocenters. The number of rotatable bonds is 5. The first-order valence-electron chi connectivity index (χ1n) is 8.71. The normalized spacial score (nSPS) is 19.7. The fourth-order valence-corrected chi connectivity index (χ4v) is 4.27. The van der Waals surface area contributed by atoms with Crippen molar-refractivity contribution in [3.8, 4) is 0 Å². The van der Waals surface area contributed by atoms with Crippen molar-refractivity contribution in [1.29, 1.82) is 0 Å². The van der Waals surface area contributed by atoms with Crippen molar-refractivity contribution in [3.63, 3.8) is 0 Å². The third-order valence-electron chi connectivity index (χ3n) is 4.83. The van der Waals surface area contributed by atoms with Crippen LogP contribution in [0.15, 0.2) is 33.7 Å². The number of nitrogens with one attached hydrogen (secondary N) is 2. The molecule has 3 rings (SSSR count). The summed E-state index contributed by atoms with van der Waals surface area (Å²) in [7, 11) is 0. The van der Waals surface area contributed by atoms with Crippen molar-refractivity contribution in [3.05, 3.63) is 46.8 Å². The first-order chi connectivity index (χ1) is 12.1. The van der Waals surface area contributed by atoms with E-state index in [-0.39, 0.29) is 24.4 Å². The maximum absolute atomic E-state index is 12.8. The number of aryl methyl sites for hydroxylation is 2. The van der Waals surface area contributed by atoms with Crippen LogP contribution in [0.5, 0.6) is 0 Å². The monoisotopic (exact) mass is 395 g/mol. The van der Waals surface area contributed by atoms with Crippen LogP contribution in [0.2, 0.25) is 0 Å². The number of piperidine rings is 1. The maximum Gasteiger partial charge on any atom is 0.252 e. The molecule has 0 radical (unpaired) electrons. The van der Waals surface area contributed by atoms with Crippen molar-refractivity contribution >= 4 is 30.1 Å². The summed E-state index contributed by atoms with van der Waals surface area (Å²) < 4.78 is 5.22. The molecule has 2 N–H and O–H groups in total. The van der Waals surface area contributed by atoms with Gasteiger partial charge in [-0.2, -0.15) is 0 Å². The molecule has 142 valence electrons. The predicted octanol–water partition coefficient (Wildman–Crippen LogP) is 3.73. The van der Waals surface area contributed by atoms with Crippen molar-refractivity contribution in [2.45, 2.75) is 43.9 Å². The highest BCUT2D eigenvalue weighted by Crippen LogP contribution is 2.29. The minimum atomic E-state index is 0. The fourth-order valence-electron chi connectivity index (χ4n) is 3.07. The van der Waals surface area contributed by atoms with Crippen molar-refractivity contribution in [2.24, 2.45) is 5.92 Å². The summed E-state index contributed by atoms with van der Waals surface area (Å²) in [6.45, 7) is 7.93. The molecule has 1 aromatic carbocycles. The molecule has 2 atom stereocenters. The average molecular weight is 396 g/mol. The summed E-state index contributed by atoms with van der Waals surface area (Å²) in [5, 5.41) is 10.5. The molecule has 1 aromatic heterocycles. The highest BCUT2D eigenvalue weighted by molar-refractivity contribution is 7.98. The average Bonchev–Trinajstić information content (AvgIpc) is 2.93. The number of thioether (sulfide) groups is 1. The third kappa shape index (κ3) is 4.81. The minimum absolute atomic E-state index is 0. The number of nitrogens with zero attached hydrogens (tertiary/aromatic N) is 1. The topological polar surface area (TPSA) is 67.2 Å². The first kappa shape index (κ1) is 20.8. The highest BCUT2D eigenvalue weighted by Gasteiger charge is 2.24. The molecule has 1 aliphatic rings. The van der Waals surface area contributed by atoms with Crippen molar-refractivity contribution in [2.75, 3.05) is 13.1 Å². The number of hydrogen-bond donors (Lipinski definition) is 2. The molecular formula is C19H26ClN3O2S. The molecule has 1 amide bonds. The third-order valence-corrected chi connectivity index (χ3v) is 5.93. The van der Waals surface area contributed by atoms with Gasteiger partial charge < -0.3 is 15.2 Å². The first-order valence-corrected chi connectivity index (χ1v) is 9.70. The summed E-state index contributed by atoms with van der Waals surface area (Å²) in [4.78, 5) is 13.8. The van der Waals surface area contributed by atoms with Crippen LogP contribution in [0.4, 0.5) is 0 Å². The fraction of sp³-hybridized carbons (Fsp3) is 0.474. The Hall–Kier alpha value is -1.50. The zero-order valence-corrected chi connectivity index (χ0v) is 17.0. The van der Waals surface area contributed by atoms with Crippen molar-refractivity contribution in [1.82, 2.24) is 15.8 Å². The molecule has 5 nitrogen and oxygen atoms in total. The number of carbonyl (C=O) groups excluding carboxylic acids is 1. The van der Waals surface area contributed by atoms with Gasteiger partial charge in [0.05, 0.1) is 11.3 Å². The lowest BCUT2D eigenvalue weighted by Crippen LogP contribution is -2.50. The van der Waals surface area contributed by atoms with E-state index in [2.05, 4.69) is 22.7 Å². The van der Waals surface area contributed by atoms with Crippen LogP contribution in [0.25, 0.3) is 0 Å². The van der Waals surface area contributed by atoms with Gasteiger partial charge in [0.1, 0.15) is 5.76 Å². The Morgan fingerprint density at radius 1 is 1.38 bits per heavy atom. The van der Waals surface area contributed by atoms with E-state index in [4.69, 9.17) is 4.52 Å². The molecule has 1 saturated heterocycles. The van der Waals surface area contributed by atoms with Crippen LogP contribution in [-0.2, 0) is 5.75 Å². The van der Waals surface area contributed by atoms with E-state index in [0.29, 0.717) is 5.92 Å². The second kappa shape index (κ2) is 9.44. The van der Waals surface area contributed by atoms with Crippen LogP contribution in [-0.4, -0.2) is 30.2 Å². The number of amides is 1. The second-order valence-electron chi connectivity index (χ2n) is 6.64. The van der Waals surface area contributed by atoms with E-state index in [1.54, 1.807) is 11.8 Å². The van der Waals surface area contributed by atoms with Gasteiger partial charge in [-0.15, -0.1) is 24.2 Å². The van der Waals surface area contributed by atoms with Crippen LogP contribution in [0.3, 0.4) is 0 Å². The van der Waals surface area contributed by atoms with Gasteiger partial charge in [-0.1, -0.05) is 24.2 Å². The lowest BCUT2D eigenvalue weighted by molar-refractivity contribution is 0.0912. The molecular weight excluding hydrogens is 370 g/mol. The quantitative estimate of drug-likeness (QED) is 0.755. The molecule has 7 heteroatoms. The van der Waals surface area contributed by atoms with Gasteiger partial charge in [-0.05, 0) is 44.9 Å². The van der Waals surface area contributed by atoms with Crippen LogP contribution in [0, 0.1) is 19.8 Å². The Morgan fingerprint density at radius 3 is 2.85 bits per heavy atom. The largest absolute Gasteiger partial charge is 0.361 e. The molecule has 0 aliphatic carbocycles. The lowest BCUT2D eigenvalue weighted by Gasteiger charge is -2.30. The van der Waals surface area contributed by atoms with E-state index < -0.39 is 0 Å². The van der Waals surface area contributed by atoms with E-state index in [0.717, 1.165) is 52.7 Å². The smallest absolute Gasteiger partial charge is 0.252 e. The van der Waals surface area contributed by atoms with E-state index in [9.17, 15) is 4.79 Å². The Morgan fingerprint density at radius 2 is 2.15 bits per heavy atom. The number of benzene rings is 1. The van der Waals surface area contributed by atoms with Crippen LogP contribution < -0.4 is 10.6 Å². The van der Waals surface area contributed by atoms with Crippen molar-refractivity contribution < 1.29 is 9.32 Å². The zero-order valence-electron chi connectivity index (χ0n) is 15.4. The Kier molecular flexibility index (Phi) is 7.55. The molecule has 0 saturated carbocycles. The highest BCUT2D eigenvalue weighted by atomic mass is 35.5. The van der Waals surface area contributed by atoms with E-state index in [1.807, 2.05) is 38.1 Å². The van der Waals surface area contributed by atoms with E-state index >= 15 is 0 Å². The number of hydrogen-bond acceptors (Lipinski definition) is 5. The van der Waals surface area contributed by atoms with Gasteiger partial charge in [0, 0.05) is 28.8 Å². The standard InChI is InChI=1S/C19H25N3O2S.ClH/c1-12-8-9-20-10-17(12)21-19(23)15-6-4-5-7-18(15)25-11-16-13(2)22-24-14(16)3;/h4-7,12,17,20H,8-11H2,1-3H3,(H,21,23);1H. The summed E-state index contributed by atoms with van der Waals surface area (Å²) in [6, 6.07) is 7.96. The van der Waals surface area contributed by atoms with Crippen LogP contribution in [0.1, 0.15) is 40.7 Å². The van der Waals surface area contributed by atoms with Gasteiger partial charge in [-0.3, -0.25) is 4.79 Å². The second-order valence-corrected chi connectivity index (χ2v) is 7.65. The van der Waals surface area contributed by atoms with Gasteiger partial charge >= 0.3 is 0 Å². The molecule has 2 aromatic rings. The SMILES string of the molecule is Cc1noc(C)c1CSc1ccccc1C(=O)NC1CNCCC1C.Cl. The van der Waals surface area contributed by atoms with Crippen LogP contribution >= 0.6 is 24.2 Å². The molecule has 1 aliphatic heterocycles. The number of halogens is 1. The Balaban J connectivity index is 0.00000243. The van der Waals surface area contributed by atoms with E-state index in [1.165, 1.54) is 0 Å². The van der Waals surface area contributed by atoms with Gasteiger partial charge in [0.15, 0.2) is 0 Å². The number of carbonyl (C=O) groups is 1. The Labute approximate surface area is 165 Å². The minimum Gasteiger partial charge on any atom is -0.361 e. The molecule has 26 heavy (non-hydrogen) atoms. The predicted molar refractivity (Wildman–Crippen MR) is 107 cm³/mol. The summed E-state index contributed by atoms with van der Waals surface area (Å²) in [6.07, 6.45) is 1.09. The summed E-state index contributed by atoms with van der Waals surface area (Å²) in [5.74, 6) is 2.08. The van der Waals surface area contributed by atoms with Gasteiger partial charge in [0.25, 0.3) is 5.91 Å². The summed E-state index contributed by atoms with van der Waals surface area (Å²) >= 11 is 1.65. The zero-order chi connectivity index (χ0) is 17.8. The maximum atomic E-state index is 12.8. The number of aromatic nitrogens is 1. The lowest BCUT2D eigenvalue weighted by atomic mass is 9.94. The summed E-state index contributed by atoms with van der Waals surface area (Å²) in [5.41, 5.74) is 2.75. The molecule has 1 fully saturated rings. The van der Waals surface area contributed by atoms with Gasteiger partial charge in [0.2, 0.25) is 0 Å². The molecule has 0 bridgehead atoms. The molecule has 2 heterocycles.